The number of benzene rings is 1. The molecule has 120 valence electrons. The van der Waals surface area contributed by atoms with Gasteiger partial charge in [-0.2, -0.15) is 0 Å². The van der Waals surface area contributed by atoms with Crippen molar-refractivity contribution >= 4 is 27.8 Å². The molecule has 0 saturated carbocycles. The Kier molecular flexibility index (Phi) is 5.94. The van der Waals surface area contributed by atoms with E-state index in [4.69, 9.17) is 4.74 Å². The van der Waals surface area contributed by atoms with Crippen LogP contribution in [-0.2, 0) is 9.53 Å². The Balaban J connectivity index is 2.01. The third kappa shape index (κ3) is 4.29. The Labute approximate surface area is 137 Å². The number of rotatable bonds is 3. The molecule has 0 N–H and O–H groups in total. The highest BCUT2D eigenvalue weighted by Gasteiger charge is 2.25. The van der Waals surface area contributed by atoms with Crippen molar-refractivity contribution in [3.05, 3.63) is 34.1 Å². The minimum atomic E-state index is -0.874. The van der Waals surface area contributed by atoms with Gasteiger partial charge in [-0.25, -0.2) is 9.18 Å². The molecule has 1 fully saturated rings. The smallest absolute Gasteiger partial charge is 0.340 e. The van der Waals surface area contributed by atoms with Crippen LogP contribution in [-0.4, -0.2) is 36.0 Å². The van der Waals surface area contributed by atoms with E-state index in [-0.39, 0.29) is 11.5 Å². The lowest BCUT2D eigenvalue weighted by atomic mass is 10.2. The summed E-state index contributed by atoms with van der Waals surface area (Å²) in [4.78, 5) is 26.2. The van der Waals surface area contributed by atoms with Crippen LogP contribution >= 0.6 is 15.9 Å². The van der Waals surface area contributed by atoms with Crippen LogP contribution in [0.4, 0.5) is 4.39 Å². The van der Waals surface area contributed by atoms with Crippen molar-refractivity contribution in [1.29, 1.82) is 0 Å². The van der Waals surface area contributed by atoms with Gasteiger partial charge in [-0.3, -0.25) is 4.79 Å². The highest BCUT2D eigenvalue weighted by molar-refractivity contribution is 9.10. The van der Waals surface area contributed by atoms with Gasteiger partial charge in [-0.05, 0) is 53.9 Å². The molecule has 1 saturated heterocycles. The van der Waals surface area contributed by atoms with Crippen molar-refractivity contribution in [2.75, 3.05) is 13.1 Å². The van der Waals surface area contributed by atoms with Gasteiger partial charge in [0.05, 0.1) is 5.56 Å². The molecule has 6 heteroatoms. The zero-order valence-electron chi connectivity index (χ0n) is 12.5. The summed E-state index contributed by atoms with van der Waals surface area (Å²) in [6.45, 7) is 2.95. The van der Waals surface area contributed by atoms with Crippen LogP contribution in [0.5, 0.6) is 0 Å². The molecule has 0 aliphatic carbocycles. The fourth-order valence-corrected chi connectivity index (χ4v) is 2.89. The van der Waals surface area contributed by atoms with Crippen LogP contribution in [0, 0.1) is 5.82 Å². The number of carbonyl (C=O) groups excluding carboxylic acids is 2. The number of carbonyl (C=O) groups is 2. The lowest BCUT2D eigenvalue weighted by Gasteiger charge is -2.24. The average Bonchev–Trinajstić information content (AvgIpc) is 2.77. The zero-order chi connectivity index (χ0) is 16.1. The van der Waals surface area contributed by atoms with E-state index >= 15 is 0 Å². The summed E-state index contributed by atoms with van der Waals surface area (Å²) in [7, 11) is 0. The van der Waals surface area contributed by atoms with Crippen molar-refractivity contribution in [2.24, 2.45) is 0 Å². The molecule has 1 unspecified atom stereocenters. The molecule has 1 atom stereocenters. The monoisotopic (exact) mass is 371 g/mol. The average molecular weight is 372 g/mol. The number of ether oxygens (including phenoxy) is 1. The molecule has 1 aromatic rings. The molecule has 1 aromatic carbocycles. The topological polar surface area (TPSA) is 46.6 Å². The largest absolute Gasteiger partial charge is 0.449 e. The second-order valence-electron chi connectivity index (χ2n) is 5.41. The van der Waals surface area contributed by atoms with E-state index in [1.807, 2.05) is 0 Å². The molecule has 0 radical (unpaired) electrons. The zero-order valence-corrected chi connectivity index (χ0v) is 14.1. The summed E-state index contributed by atoms with van der Waals surface area (Å²) >= 11 is 3.18. The molecule has 4 nitrogen and oxygen atoms in total. The van der Waals surface area contributed by atoms with Crippen molar-refractivity contribution in [2.45, 2.75) is 38.7 Å². The minimum Gasteiger partial charge on any atom is -0.449 e. The van der Waals surface area contributed by atoms with E-state index < -0.39 is 17.9 Å². The lowest BCUT2D eigenvalue weighted by molar-refractivity contribution is -0.139. The van der Waals surface area contributed by atoms with E-state index in [2.05, 4.69) is 15.9 Å². The molecular weight excluding hydrogens is 353 g/mol. The first kappa shape index (κ1) is 16.9. The van der Waals surface area contributed by atoms with Crippen molar-refractivity contribution in [3.63, 3.8) is 0 Å². The van der Waals surface area contributed by atoms with Crippen molar-refractivity contribution in [3.8, 4) is 0 Å². The molecule has 1 amide bonds. The Morgan fingerprint density at radius 3 is 2.50 bits per heavy atom. The Morgan fingerprint density at radius 1 is 1.23 bits per heavy atom. The third-order valence-electron chi connectivity index (χ3n) is 3.70. The maximum Gasteiger partial charge on any atom is 0.340 e. The van der Waals surface area contributed by atoms with Gasteiger partial charge in [0.1, 0.15) is 5.82 Å². The number of hydrogen-bond acceptors (Lipinski definition) is 3. The van der Waals surface area contributed by atoms with Gasteiger partial charge >= 0.3 is 5.97 Å². The minimum absolute atomic E-state index is 0.0792. The van der Waals surface area contributed by atoms with E-state index in [1.165, 1.54) is 12.1 Å². The van der Waals surface area contributed by atoms with Crippen LogP contribution in [0.3, 0.4) is 0 Å². The number of halogens is 2. The van der Waals surface area contributed by atoms with E-state index in [9.17, 15) is 14.0 Å². The first-order chi connectivity index (χ1) is 10.5. The van der Waals surface area contributed by atoms with Gasteiger partial charge in [0.25, 0.3) is 5.91 Å². The van der Waals surface area contributed by atoms with Crippen LogP contribution in [0.25, 0.3) is 0 Å². The van der Waals surface area contributed by atoms with Crippen LogP contribution in [0.1, 0.15) is 43.0 Å². The molecular formula is C16H19BrFNO3. The van der Waals surface area contributed by atoms with Crippen molar-refractivity contribution < 1.29 is 18.7 Å². The molecule has 0 aromatic heterocycles. The van der Waals surface area contributed by atoms with Gasteiger partial charge in [-0.1, -0.05) is 12.8 Å². The summed E-state index contributed by atoms with van der Waals surface area (Å²) < 4.78 is 18.9. The van der Waals surface area contributed by atoms with E-state index in [1.54, 1.807) is 11.8 Å². The number of likely N-dealkylation sites (tertiary alicyclic amines) is 1. The number of esters is 1. The molecule has 2 rings (SSSR count). The molecule has 1 aliphatic rings. The van der Waals surface area contributed by atoms with Crippen molar-refractivity contribution in [1.82, 2.24) is 4.90 Å². The lowest BCUT2D eigenvalue weighted by Crippen LogP contribution is -2.40. The highest BCUT2D eigenvalue weighted by atomic mass is 79.9. The highest BCUT2D eigenvalue weighted by Crippen LogP contribution is 2.20. The summed E-state index contributed by atoms with van der Waals surface area (Å²) in [5.41, 5.74) is 0.0792. The second kappa shape index (κ2) is 7.72. The van der Waals surface area contributed by atoms with E-state index in [0.29, 0.717) is 17.6 Å². The van der Waals surface area contributed by atoms with Crippen LogP contribution in [0.15, 0.2) is 22.7 Å². The number of nitrogens with zero attached hydrogens (tertiary/aromatic N) is 1. The fourth-order valence-electron chi connectivity index (χ4n) is 2.48. The number of amides is 1. The van der Waals surface area contributed by atoms with Crippen LogP contribution < -0.4 is 0 Å². The van der Waals surface area contributed by atoms with Crippen LogP contribution in [0.2, 0.25) is 0 Å². The first-order valence-corrected chi connectivity index (χ1v) is 8.23. The molecule has 1 heterocycles. The fraction of sp³-hybridized carbons (Fsp3) is 0.500. The quantitative estimate of drug-likeness (QED) is 0.763. The second-order valence-corrected chi connectivity index (χ2v) is 6.27. The third-order valence-corrected chi connectivity index (χ3v) is 4.39. The van der Waals surface area contributed by atoms with Gasteiger partial charge in [0, 0.05) is 17.6 Å². The predicted molar refractivity (Wildman–Crippen MR) is 84.0 cm³/mol. The Bertz CT molecular complexity index is 556. The van der Waals surface area contributed by atoms with Gasteiger partial charge in [-0.15, -0.1) is 0 Å². The normalized spacial score (nSPS) is 16.8. The molecule has 0 bridgehead atoms. The summed E-state index contributed by atoms with van der Waals surface area (Å²) in [6, 6.07) is 3.77. The summed E-state index contributed by atoms with van der Waals surface area (Å²) in [5, 5.41) is 0. The molecule has 22 heavy (non-hydrogen) atoms. The van der Waals surface area contributed by atoms with Gasteiger partial charge in [0.15, 0.2) is 6.10 Å². The Morgan fingerprint density at radius 2 is 1.86 bits per heavy atom. The van der Waals surface area contributed by atoms with Gasteiger partial charge < -0.3 is 9.64 Å². The van der Waals surface area contributed by atoms with Gasteiger partial charge in [0.2, 0.25) is 0 Å². The first-order valence-electron chi connectivity index (χ1n) is 7.44. The maximum atomic E-state index is 13.2. The summed E-state index contributed by atoms with van der Waals surface area (Å²) in [6.07, 6.45) is 3.31. The standard InChI is InChI=1S/C16H19BrFNO3/c1-11(15(20)19-8-4-2-3-5-9-19)22-16(21)13-10-12(18)6-7-14(13)17/h6-7,10-11H,2-5,8-9H2,1H3. The maximum absolute atomic E-state index is 13.2. The molecule has 0 spiro atoms. The Hall–Kier alpha value is -1.43. The number of hydrogen-bond donors (Lipinski definition) is 0. The molecule has 1 aliphatic heterocycles. The summed E-state index contributed by atoms with van der Waals surface area (Å²) in [5.74, 6) is -1.42. The SMILES string of the molecule is CC(OC(=O)c1cc(F)ccc1Br)C(=O)N1CCCCCC1. The van der Waals surface area contributed by atoms with E-state index in [0.717, 1.165) is 31.7 Å². The predicted octanol–water partition coefficient (Wildman–Crippen LogP) is 3.54.